The molecule has 0 bridgehead atoms. The van der Waals surface area contributed by atoms with E-state index in [1.165, 1.54) is 6.42 Å². The lowest BCUT2D eigenvalue weighted by molar-refractivity contribution is -0.140. The number of ether oxygens (including phenoxy) is 1. The molecule has 1 heterocycles. The first-order valence-electron chi connectivity index (χ1n) is 15.1. The fraction of sp³-hybridized carbons (Fsp3) is 0.545. The van der Waals surface area contributed by atoms with Crippen LogP contribution in [-0.4, -0.2) is 44.6 Å². The first kappa shape index (κ1) is 30.6. The molecular formula is C33H46N4O4. The van der Waals surface area contributed by atoms with Crippen molar-refractivity contribution in [2.45, 2.75) is 104 Å². The Hall–Kier alpha value is -3.39. The van der Waals surface area contributed by atoms with Crippen molar-refractivity contribution in [3.8, 4) is 0 Å². The first-order valence-corrected chi connectivity index (χ1v) is 15.1. The highest BCUT2D eigenvalue weighted by Gasteiger charge is 2.35. The number of benzene rings is 2. The molecule has 222 valence electrons. The van der Waals surface area contributed by atoms with Gasteiger partial charge in [0.05, 0.1) is 17.6 Å². The van der Waals surface area contributed by atoms with E-state index in [9.17, 15) is 9.59 Å². The van der Waals surface area contributed by atoms with E-state index in [-0.39, 0.29) is 12.5 Å². The van der Waals surface area contributed by atoms with E-state index in [0.717, 1.165) is 61.1 Å². The second kappa shape index (κ2) is 14.5. The molecule has 0 aliphatic heterocycles. The van der Waals surface area contributed by atoms with Crippen LogP contribution in [-0.2, 0) is 33.9 Å². The van der Waals surface area contributed by atoms with Gasteiger partial charge in [-0.15, -0.1) is 0 Å². The van der Waals surface area contributed by atoms with Crippen LogP contribution in [0, 0.1) is 5.92 Å². The van der Waals surface area contributed by atoms with Gasteiger partial charge in [0.1, 0.15) is 17.5 Å². The highest BCUT2D eigenvalue weighted by atomic mass is 16.7. The standard InChI is InChI=1S/C33H46N4O4/c1-5-22-36-28-19-13-12-18-27(28)34-30(36)21-20-29(31(38)35-40-24-26-16-10-7-11-17-26)37(32(39)41-33(2,3)4)23-25-14-8-6-9-15-25/h7,10-13,16-19,25,29H,5-6,8-9,14-15,20-24H2,1-4H3,(H,35,38)/t29-/m0/s1. The molecule has 8 heteroatoms. The van der Waals surface area contributed by atoms with Crippen molar-refractivity contribution in [2.24, 2.45) is 5.92 Å². The van der Waals surface area contributed by atoms with Crippen molar-refractivity contribution in [2.75, 3.05) is 6.54 Å². The molecule has 1 atom stereocenters. The SMILES string of the molecule is CCCn1c(CC[C@@H](C(=O)NOCc2ccccc2)N(CC2CCCCC2)C(=O)OC(C)(C)C)nc2ccccc21. The molecule has 4 rings (SSSR count). The number of amides is 2. The second-order valence-corrected chi connectivity index (χ2v) is 12.1. The Morgan fingerprint density at radius 2 is 1.76 bits per heavy atom. The lowest BCUT2D eigenvalue weighted by atomic mass is 9.88. The van der Waals surface area contributed by atoms with Crippen LogP contribution in [0.2, 0.25) is 0 Å². The lowest BCUT2D eigenvalue weighted by Gasteiger charge is -2.36. The second-order valence-electron chi connectivity index (χ2n) is 12.1. The Morgan fingerprint density at radius 3 is 2.46 bits per heavy atom. The van der Waals surface area contributed by atoms with Crippen LogP contribution in [0.5, 0.6) is 0 Å². The molecule has 1 aliphatic carbocycles. The number of rotatable bonds is 12. The third-order valence-electron chi connectivity index (χ3n) is 7.56. The molecule has 0 unspecified atom stereocenters. The van der Waals surface area contributed by atoms with Gasteiger partial charge in [-0.3, -0.25) is 14.5 Å². The third kappa shape index (κ3) is 8.80. The molecule has 0 radical (unpaired) electrons. The number of nitrogens with zero attached hydrogens (tertiary/aromatic N) is 3. The van der Waals surface area contributed by atoms with Crippen LogP contribution in [0.3, 0.4) is 0 Å². The van der Waals surface area contributed by atoms with Crippen LogP contribution in [0.25, 0.3) is 11.0 Å². The minimum Gasteiger partial charge on any atom is -0.444 e. The van der Waals surface area contributed by atoms with Gasteiger partial charge in [0, 0.05) is 19.5 Å². The van der Waals surface area contributed by atoms with Gasteiger partial charge in [0.15, 0.2) is 0 Å². The molecule has 1 fully saturated rings. The Bertz CT molecular complexity index is 1260. The first-order chi connectivity index (χ1) is 19.7. The zero-order chi connectivity index (χ0) is 29.2. The maximum absolute atomic E-state index is 13.8. The molecule has 0 spiro atoms. The molecule has 8 nitrogen and oxygen atoms in total. The number of hydrogen-bond donors (Lipinski definition) is 1. The molecule has 1 N–H and O–H groups in total. The van der Waals surface area contributed by atoms with E-state index in [0.29, 0.717) is 25.3 Å². The molecular weight excluding hydrogens is 516 g/mol. The van der Waals surface area contributed by atoms with Crippen molar-refractivity contribution < 1.29 is 19.2 Å². The quantitative estimate of drug-likeness (QED) is 0.245. The summed E-state index contributed by atoms with van der Waals surface area (Å²) >= 11 is 0. The minimum atomic E-state index is -0.766. The Morgan fingerprint density at radius 1 is 1.05 bits per heavy atom. The van der Waals surface area contributed by atoms with Crippen LogP contribution in [0.4, 0.5) is 4.79 Å². The number of hydroxylamine groups is 1. The summed E-state index contributed by atoms with van der Waals surface area (Å²) in [5.41, 5.74) is 4.95. The summed E-state index contributed by atoms with van der Waals surface area (Å²) in [7, 11) is 0. The summed E-state index contributed by atoms with van der Waals surface area (Å²) in [5, 5.41) is 0. The van der Waals surface area contributed by atoms with Gasteiger partial charge < -0.3 is 9.30 Å². The number of hydrogen-bond acceptors (Lipinski definition) is 5. The number of aryl methyl sites for hydroxylation is 2. The topological polar surface area (TPSA) is 85.7 Å². The summed E-state index contributed by atoms with van der Waals surface area (Å²) in [6, 6.07) is 17.0. The van der Waals surface area contributed by atoms with E-state index >= 15 is 0 Å². The van der Waals surface area contributed by atoms with Crippen LogP contribution in [0.1, 0.15) is 84.0 Å². The summed E-state index contributed by atoms with van der Waals surface area (Å²) in [6.07, 6.45) is 7.04. The largest absolute Gasteiger partial charge is 0.444 e. The van der Waals surface area contributed by atoms with E-state index in [1.54, 1.807) is 4.90 Å². The molecule has 2 amide bonds. The fourth-order valence-corrected chi connectivity index (χ4v) is 5.61. The lowest BCUT2D eigenvalue weighted by Crippen LogP contribution is -2.52. The van der Waals surface area contributed by atoms with Crippen LogP contribution in [0.15, 0.2) is 54.6 Å². The van der Waals surface area contributed by atoms with E-state index in [2.05, 4.69) is 23.0 Å². The number of fused-ring (bicyclic) bond motifs is 1. The summed E-state index contributed by atoms with van der Waals surface area (Å²) < 4.78 is 8.09. The highest BCUT2D eigenvalue weighted by molar-refractivity contribution is 5.85. The number of aromatic nitrogens is 2. The van der Waals surface area contributed by atoms with Crippen LogP contribution < -0.4 is 5.48 Å². The van der Waals surface area contributed by atoms with Crippen molar-refractivity contribution in [3.05, 3.63) is 66.0 Å². The van der Waals surface area contributed by atoms with Gasteiger partial charge in [-0.1, -0.05) is 68.7 Å². The van der Waals surface area contributed by atoms with Gasteiger partial charge in [0.2, 0.25) is 0 Å². The van der Waals surface area contributed by atoms with Crippen molar-refractivity contribution >= 4 is 23.0 Å². The molecule has 1 saturated carbocycles. The van der Waals surface area contributed by atoms with Gasteiger partial charge in [-0.05, 0) is 70.1 Å². The molecule has 0 saturated heterocycles. The predicted octanol–water partition coefficient (Wildman–Crippen LogP) is 6.81. The average Bonchev–Trinajstić information content (AvgIpc) is 3.30. The monoisotopic (exact) mass is 562 g/mol. The van der Waals surface area contributed by atoms with Gasteiger partial charge in [0.25, 0.3) is 5.91 Å². The van der Waals surface area contributed by atoms with Gasteiger partial charge in [-0.25, -0.2) is 15.3 Å². The van der Waals surface area contributed by atoms with E-state index in [4.69, 9.17) is 14.6 Å². The Balaban J connectivity index is 1.59. The Labute approximate surface area is 244 Å². The van der Waals surface area contributed by atoms with Gasteiger partial charge >= 0.3 is 6.09 Å². The van der Waals surface area contributed by atoms with Crippen molar-refractivity contribution in [1.82, 2.24) is 19.9 Å². The van der Waals surface area contributed by atoms with E-state index < -0.39 is 17.7 Å². The number of imidazole rings is 1. The maximum atomic E-state index is 13.8. The zero-order valence-corrected chi connectivity index (χ0v) is 25.1. The number of para-hydroxylation sites is 2. The zero-order valence-electron chi connectivity index (χ0n) is 25.1. The minimum absolute atomic E-state index is 0.237. The van der Waals surface area contributed by atoms with Gasteiger partial charge in [-0.2, -0.15) is 0 Å². The summed E-state index contributed by atoms with van der Waals surface area (Å²) in [5.74, 6) is 0.903. The molecule has 1 aromatic heterocycles. The van der Waals surface area contributed by atoms with Crippen molar-refractivity contribution in [3.63, 3.8) is 0 Å². The average molecular weight is 563 g/mol. The predicted molar refractivity (Wildman–Crippen MR) is 161 cm³/mol. The van der Waals surface area contributed by atoms with Crippen LogP contribution >= 0.6 is 0 Å². The molecule has 2 aromatic carbocycles. The summed E-state index contributed by atoms with van der Waals surface area (Å²) in [6.45, 7) is 9.27. The Kier molecular flexibility index (Phi) is 10.8. The number of carbonyl (C=O) groups is 2. The highest BCUT2D eigenvalue weighted by Crippen LogP contribution is 2.27. The molecule has 3 aromatic rings. The fourth-order valence-electron chi connectivity index (χ4n) is 5.61. The maximum Gasteiger partial charge on any atom is 0.410 e. The summed E-state index contributed by atoms with van der Waals surface area (Å²) in [4.78, 5) is 39.6. The number of carbonyl (C=O) groups excluding carboxylic acids is 2. The third-order valence-corrected chi connectivity index (χ3v) is 7.56. The molecule has 1 aliphatic rings. The molecule has 41 heavy (non-hydrogen) atoms. The normalized spacial score (nSPS) is 15.0. The van der Waals surface area contributed by atoms with E-state index in [1.807, 2.05) is 69.3 Å². The number of nitrogens with one attached hydrogen (secondary N) is 1. The smallest absolute Gasteiger partial charge is 0.410 e. The van der Waals surface area contributed by atoms with Crippen molar-refractivity contribution in [1.29, 1.82) is 0 Å².